The highest BCUT2D eigenvalue weighted by Gasteiger charge is 2.43. The molecule has 11 nitrogen and oxygen atoms in total. The van der Waals surface area contributed by atoms with Crippen molar-refractivity contribution in [2.75, 3.05) is 26.0 Å². The van der Waals surface area contributed by atoms with Gasteiger partial charge in [-0.3, -0.25) is 19.8 Å². The van der Waals surface area contributed by atoms with Crippen molar-refractivity contribution in [3.63, 3.8) is 0 Å². The summed E-state index contributed by atoms with van der Waals surface area (Å²) >= 11 is 1.32. The van der Waals surface area contributed by atoms with Gasteiger partial charge in [0.1, 0.15) is 17.6 Å². The minimum atomic E-state index is -3.49. The zero-order chi connectivity index (χ0) is 27.0. The first-order valence-corrected chi connectivity index (χ1v) is 14.5. The number of rotatable bonds is 12. The molecule has 0 spiro atoms. The molecule has 2 atom stereocenters. The highest BCUT2D eigenvalue weighted by Crippen LogP contribution is 2.24. The molecule has 1 aliphatic heterocycles. The largest absolute Gasteiger partial charge is 0.494 e. The van der Waals surface area contributed by atoms with E-state index in [2.05, 4.69) is 10.6 Å². The minimum Gasteiger partial charge on any atom is -0.494 e. The van der Waals surface area contributed by atoms with Crippen LogP contribution in [0.5, 0.6) is 5.75 Å². The average molecular weight is 550 g/mol. The number of sulfone groups is 1. The Morgan fingerprint density at radius 1 is 1.22 bits per heavy atom. The van der Waals surface area contributed by atoms with E-state index in [9.17, 15) is 22.8 Å². The summed E-state index contributed by atoms with van der Waals surface area (Å²) in [5.74, 6) is -0.737. The number of benzene rings is 1. The Morgan fingerprint density at radius 2 is 1.95 bits per heavy atom. The third-order valence-electron chi connectivity index (χ3n) is 5.89. The second-order valence-corrected chi connectivity index (χ2v) is 12.0. The van der Waals surface area contributed by atoms with Crippen molar-refractivity contribution in [3.8, 4) is 5.75 Å². The zero-order valence-corrected chi connectivity index (χ0v) is 22.1. The molecule has 2 heterocycles. The van der Waals surface area contributed by atoms with E-state index in [4.69, 9.17) is 15.9 Å². The lowest BCUT2D eigenvalue weighted by atomic mass is 10.2. The number of nitrogen functional groups attached to an aromatic ring is 1. The summed E-state index contributed by atoms with van der Waals surface area (Å²) in [5, 5.41) is 13.6. The molecule has 13 heteroatoms. The molecular formula is C24H31N5O6S2. The number of hydrogen-bond acceptors (Lipinski definition) is 8. The van der Waals surface area contributed by atoms with Crippen molar-refractivity contribution in [1.82, 2.24) is 15.5 Å². The van der Waals surface area contributed by atoms with Crippen LogP contribution < -0.4 is 21.1 Å². The van der Waals surface area contributed by atoms with Gasteiger partial charge in [-0.05, 0) is 31.0 Å². The number of likely N-dealkylation sites (tertiary alicyclic amines) is 1. The molecule has 200 valence electrons. The molecular weight excluding hydrogens is 518 g/mol. The van der Waals surface area contributed by atoms with Gasteiger partial charge in [-0.1, -0.05) is 18.2 Å². The first-order valence-electron chi connectivity index (χ1n) is 11.7. The highest BCUT2D eigenvalue weighted by atomic mass is 32.2. The second kappa shape index (κ2) is 12.7. The lowest BCUT2D eigenvalue weighted by Crippen LogP contribution is -2.48. The van der Waals surface area contributed by atoms with Crippen molar-refractivity contribution >= 4 is 44.7 Å². The molecule has 5 N–H and O–H groups in total. The van der Waals surface area contributed by atoms with Gasteiger partial charge in [-0.15, -0.1) is 11.3 Å². The highest BCUT2D eigenvalue weighted by molar-refractivity contribution is 7.91. The maximum atomic E-state index is 12.9. The predicted octanol–water partition coefficient (Wildman–Crippen LogP) is 0.638. The Morgan fingerprint density at radius 3 is 2.59 bits per heavy atom. The number of ether oxygens (including phenoxy) is 1. The monoisotopic (exact) mass is 549 g/mol. The predicted molar refractivity (Wildman–Crippen MR) is 140 cm³/mol. The van der Waals surface area contributed by atoms with E-state index in [0.29, 0.717) is 24.3 Å². The molecule has 0 bridgehead atoms. The van der Waals surface area contributed by atoms with Crippen LogP contribution >= 0.6 is 11.3 Å². The van der Waals surface area contributed by atoms with Crippen LogP contribution in [0.25, 0.3) is 0 Å². The fraction of sp³-hybridized carbons (Fsp3) is 0.417. The number of nitrogens with one attached hydrogen (secondary N) is 3. The van der Waals surface area contributed by atoms with Crippen molar-refractivity contribution in [2.45, 2.75) is 37.1 Å². The van der Waals surface area contributed by atoms with Gasteiger partial charge in [0.05, 0.1) is 24.9 Å². The van der Waals surface area contributed by atoms with Crippen LogP contribution in [0, 0.1) is 5.41 Å². The van der Waals surface area contributed by atoms with Crippen molar-refractivity contribution in [2.24, 2.45) is 5.73 Å². The van der Waals surface area contributed by atoms with Crippen molar-refractivity contribution in [3.05, 3.63) is 52.2 Å². The molecule has 0 radical (unpaired) electrons. The smallest absolute Gasteiger partial charge is 0.243 e. The average Bonchev–Trinajstić information content (AvgIpc) is 3.52. The summed E-state index contributed by atoms with van der Waals surface area (Å²) in [6.07, 6.45) is 1.66. The molecule has 2 aromatic rings. The fourth-order valence-electron chi connectivity index (χ4n) is 3.84. The summed E-state index contributed by atoms with van der Waals surface area (Å²) in [5.41, 5.74) is 6.01. The van der Waals surface area contributed by atoms with Crippen LogP contribution in [-0.2, 0) is 30.8 Å². The Kier molecular flexibility index (Phi) is 9.64. The number of amides is 3. The fourth-order valence-corrected chi connectivity index (χ4v) is 5.63. The molecule has 1 saturated heterocycles. The molecule has 1 aromatic carbocycles. The van der Waals surface area contributed by atoms with Gasteiger partial charge < -0.3 is 26.0 Å². The molecule has 1 fully saturated rings. The normalized spacial score (nSPS) is 17.3. The quantitative estimate of drug-likeness (QED) is 0.171. The van der Waals surface area contributed by atoms with Crippen LogP contribution in [-0.4, -0.2) is 74.1 Å². The first kappa shape index (κ1) is 28.1. The van der Waals surface area contributed by atoms with Gasteiger partial charge in [0.15, 0.2) is 9.84 Å². The van der Waals surface area contributed by atoms with Crippen LogP contribution in [0.3, 0.4) is 0 Å². The van der Waals surface area contributed by atoms with Crippen LogP contribution in [0.15, 0.2) is 41.8 Å². The molecule has 3 rings (SSSR count). The van der Waals surface area contributed by atoms with E-state index in [1.807, 2.05) is 30.3 Å². The SMILES string of the molecule is CS(=O)(=O)[C@@H]1C[C@@H](C(=O)NCc2cc(C(=N)N)cs2)N(C(=O)CNC(=O)CCCOc2ccccc2)C1. The molecule has 0 aliphatic carbocycles. The summed E-state index contributed by atoms with van der Waals surface area (Å²) in [6.45, 7) is 0.0319. The molecule has 0 saturated carbocycles. The van der Waals surface area contributed by atoms with Crippen LogP contribution in [0.4, 0.5) is 0 Å². The van der Waals surface area contributed by atoms with Crippen LogP contribution in [0.2, 0.25) is 0 Å². The lowest BCUT2D eigenvalue weighted by molar-refractivity contribution is -0.138. The molecule has 37 heavy (non-hydrogen) atoms. The van der Waals surface area contributed by atoms with E-state index in [1.165, 1.54) is 16.2 Å². The van der Waals surface area contributed by atoms with Gasteiger partial charge in [-0.2, -0.15) is 0 Å². The maximum absolute atomic E-state index is 12.9. The standard InChI is InChI=1S/C24H31N5O6S2/c1-37(33,34)19-11-20(24(32)28-12-18-10-16(15-36-18)23(25)26)29(14-19)22(31)13-27-21(30)8-5-9-35-17-6-3-2-4-7-17/h2-4,6-7,10,15,19-20H,5,8-9,11-14H2,1H3,(H3,25,26)(H,27,30)(H,28,32)/t19-,20+/m1/s1. The van der Waals surface area contributed by atoms with E-state index >= 15 is 0 Å². The summed E-state index contributed by atoms with van der Waals surface area (Å²) in [7, 11) is -3.49. The summed E-state index contributed by atoms with van der Waals surface area (Å²) in [4.78, 5) is 40.0. The number of carbonyl (C=O) groups excluding carboxylic acids is 3. The number of nitrogens with zero attached hydrogens (tertiary/aromatic N) is 1. The number of hydrogen-bond donors (Lipinski definition) is 4. The molecule has 1 aromatic heterocycles. The summed E-state index contributed by atoms with van der Waals surface area (Å²) in [6, 6.07) is 9.91. The van der Waals surface area contributed by atoms with Crippen LogP contribution in [0.1, 0.15) is 29.7 Å². The molecule has 0 unspecified atom stereocenters. The Hall–Kier alpha value is -3.45. The number of para-hydroxylation sites is 1. The van der Waals surface area contributed by atoms with Gasteiger partial charge in [-0.25, -0.2) is 8.42 Å². The first-order chi connectivity index (χ1) is 17.5. The van der Waals surface area contributed by atoms with Gasteiger partial charge in [0, 0.05) is 35.0 Å². The van der Waals surface area contributed by atoms with E-state index < -0.39 is 32.9 Å². The van der Waals surface area contributed by atoms with Crippen molar-refractivity contribution in [1.29, 1.82) is 5.41 Å². The summed E-state index contributed by atoms with van der Waals surface area (Å²) < 4.78 is 29.8. The second-order valence-electron chi connectivity index (χ2n) is 8.72. The van der Waals surface area contributed by atoms with Gasteiger partial charge in [0.25, 0.3) is 0 Å². The van der Waals surface area contributed by atoms with E-state index in [0.717, 1.165) is 11.1 Å². The number of nitrogens with two attached hydrogens (primary N) is 1. The Labute approximate surface area is 219 Å². The topological polar surface area (TPSA) is 172 Å². The number of carbonyl (C=O) groups is 3. The molecule has 1 aliphatic rings. The number of amidine groups is 1. The van der Waals surface area contributed by atoms with E-state index in [1.54, 1.807) is 11.4 Å². The third kappa shape index (κ3) is 8.29. The molecule has 3 amide bonds. The maximum Gasteiger partial charge on any atom is 0.243 e. The third-order valence-corrected chi connectivity index (χ3v) is 8.38. The lowest BCUT2D eigenvalue weighted by Gasteiger charge is -2.24. The number of thiophene rings is 1. The van der Waals surface area contributed by atoms with Gasteiger partial charge in [0.2, 0.25) is 17.7 Å². The van der Waals surface area contributed by atoms with Crippen molar-refractivity contribution < 1.29 is 27.5 Å². The Balaban J connectivity index is 1.51. The zero-order valence-electron chi connectivity index (χ0n) is 20.4. The van der Waals surface area contributed by atoms with Gasteiger partial charge >= 0.3 is 0 Å². The Bertz CT molecular complexity index is 1230. The van der Waals surface area contributed by atoms with E-state index in [-0.39, 0.29) is 44.2 Å². The minimum absolute atomic E-state index is 0.0235.